The van der Waals surface area contributed by atoms with Gasteiger partial charge in [-0.2, -0.15) is 0 Å². The van der Waals surface area contributed by atoms with Crippen LogP contribution in [0, 0.1) is 5.92 Å². The van der Waals surface area contributed by atoms with E-state index < -0.39 is 0 Å². The normalized spacial score (nSPS) is 7.73. The van der Waals surface area contributed by atoms with Crippen LogP contribution in [0.25, 0.3) is 0 Å². The molecular formula is C15H30. The quantitative estimate of drug-likeness (QED) is 0.401. The van der Waals surface area contributed by atoms with Crippen molar-refractivity contribution in [2.45, 2.75) is 54.9 Å². The predicted octanol–water partition coefficient (Wildman–Crippen LogP) is 5.77. The number of rotatable bonds is 2. The van der Waals surface area contributed by atoms with Gasteiger partial charge in [0.15, 0.2) is 0 Å². The molecule has 0 aromatic rings. The van der Waals surface area contributed by atoms with Crippen LogP contribution in [0.5, 0.6) is 0 Å². The molecule has 0 radical (unpaired) electrons. The van der Waals surface area contributed by atoms with Gasteiger partial charge in [0.25, 0.3) is 0 Å². The highest BCUT2D eigenvalue weighted by Crippen LogP contribution is 1.93. The third-order valence-corrected chi connectivity index (χ3v) is 1.74. The molecule has 0 saturated heterocycles. The molecule has 0 rings (SSSR count). The van der Waals surface area contributed by atoms with Crippen molar-refractivity contribution in [2.24, 2.45) is 5.92 Å². The molecule has 0 heterocycles. The summed E-state index contributed by atoms with van der Waals surface area (Å²) in [6.07, 6.45) is 5.11. The fourth-order valence-electron chi connectivity index (χ4n) is 0. The Kier molecular flexibility index (Phi) is 20.6. The number of hydrogen-bond donors (Lipinski definition) is 0. The molecule has 0 saturated carbocycles. The lowest BCUT2D eigenvalue weighted by Gasteiger charge is -1.90. The van der Waals surface area contributed by atoms with Crippen LogP contribution in [0.2, 0.25) is 0 Å². The van der Waals surface area contributed by atoms with E-state index in [2.05, 4.69) is 53.9 Å². The van der Waals surface area contributed by atoms with E-state index in [0.29, 0.717) is 0 Å². The van der Waals surface area contributed by atoms with Gasteiger partial charge in [0.05, 0.1) is 0 Å². The first-order chi connectivity index (χ1) is 6.81. The van der Waals surface area contributed by atoms with E-state index in [1.165, 1.54) is 12.0 Å². The second kappa shape index (κ2) is 15.7. The van der Waals surface area contributed by atoms with E-state index >= 15 is 0 Å². The third-order valence-electron chi connectivity index (χ3n) is 1.74. The lowest BCUT2D eigenvalue weighted by atomic mass is 10.2. The Morgan fingerprint density at radius 3 is 1.40 bits per heavy atom. The van der Waals surface area contributed by atoms with E-state index in [1.807, 2.05) is 13.8 Å². The van der Waals surface area contributed by atoms with Gasteiger partial charge in [-0.25, -0.2) is 0 Å². The van der Waals surface area contributed by atoms with Gasteiger partial charge < -0.3 is 0 Å². The average Bonchev–Trinajstić information content (AvgIpc) is 2.19. The summed E-state index contributed by atoms with van der Waals surface area (Å²) in [4.78, 5) is 0. The van der Waals surface area contributed by atoms with E-state index in [1.54, 1.807) is 6.08 Å². The summed E-state index contributed by atoms with van der Waals surface area (Å²) in [5, 5.41) is 0. The lowest BCUT2D eigenvalue weighted by molar-refractivity contribution is 0.626. The molecule has 0 fully saturated rings. The molecule has 0 bridgehead atoms. The van der Waals surface area contributed by atoms with Crippen molar-refractivity contribution in [2.75, 3.05) is 0 Å². The molecule has 15 heavy (non-hydrogen) atoms. The van der Waals surface area contributed by atoms with Gasteiger partial charge in [0.2, 0.25) is 0 Å². The SMILES string of the molecule is C=CC(=C)C.CC=C(C)C.CCC(C)C. The molecule has 0 aliphatic heterocycles. The molecule has 0 spiro atoms. The molecule has 0 atom stereocenters. The second-order valence-corrected chi connectivity index (χ2v) is 4.22. The first-order valence-corrected chi connectivity index (χ1v) is 5.69. The Balaban J connectivity index is -0.000000144. The molecule has 0 amide bonds. The first kappa shape index (κ1) is 19.7. The lowest BCUT2D eigenvalue weighted by Crippen LogP contribution is -1.77. The molecule has 0 aromatic heterocycles. The van der Waals surface area contributed by atoms with Crippen molar-refractivity contribution in [3.63, 3.8) is 0 Å². The van der Waals surface area contributed by atoms with E-state index in [-0.39, 0.29) is 0 Å². The van der Waals surface area contributed by atoms with E-state index in [0.717, 1.165) is 11.5 Å². The third kappa shape index (κ3) is 61.1. The van der Waals surface area contributed by atoms with Gasteiger partial charge in [-0.1, -0.05) is 63.6 Å². The summed E-state index contributed by atoms with van der Waals surface area (Å²) in [5.41, 5.74) is 2.40. The molecule has 0 nitrogen and oxygen atoms in total. The Bertz CT molecular complexity index is 166. The Morgan fingerprint density at radius 2 is 1.40 bits per heavy atom. The largest absolute Gasteiger partial charge is 0.0988 e. The topological polar surface area (TPSA) is 0 Å². The maximum atomic E-state index is 3.56. The zero-order valence-electron chi connectivity index (χ0n) is 11.9. The average molecular weight is 210 g/mol. The molecule has 0 N–H and O–H groups in total. The zero-order valence-corrected chi connectivity index (χ0v) is 11.9. The summed E-state index contributed by atoms with van der Waals surface area (Å²) in [7, 11) is 0. The fraction of sp³-hybridized carbons (Fsp3) is 0.600. The van der Waals surface area contributed by atoms with Crippen LogP contribution < -0.4 is 0 Å². The van der Waals surface area contributed by atoms with E-state index in [4.69, 9.17) is 0 Å². The maximum Gasteiger partial charge on any atom is -0.0404 e. The van der Waals surface area contributed by atoms with Gasteiger partial charge >= 0.3 is 0 Å². The van der Waals surface area contributed by atoms with Crippen molar-refractivity contribution in [1.29, 1.82) is 0 Å². The van der Waals surface area contributed by atoms with Crippen molar-refractivity contribution < 1.29 is 0 Å². The Hall–Kier alpha value is -0.780. The van der Waals surface area contributed by atoms with Crippen LogP contribution >= 0.6 is 0 Å². The van der Waals surface area contributed by atoms with Crippen LogP contribution in [0.3, 0.4) is 0 Å². The van der Waals surface area contributed by atoms with Crippen LogP contribution in [0.15, 0.2) is 36.5 Å². The maximum absolute atomic E-state index is 3.56. The summed E-state index contributed by atoms with van der Waals surface area (Å²) >= 11 is 0. The first-order valence-electron chi connectivity index (χ1n) is 5.69. The molecule has 0 aromatic carbocycles. The van der Waals surface area contributed by atoms with E-state index in [9.17, 15) is 0 Å². The van der Waals surface area contributed by atoms with Crippen LogP contribution in [0.1, 0.15) is 54.9 Å². The molecular weight excluding hydrogens is 180 g/mol. The summed E-state index contributed by atoms with van der Waals surface area (Å²) < 4.78 is 0. The molecule has 90 valence electrons. The van der Waals surface area contributed by atoms with Gasteiger partial charge in [-0.3, -0.25) is 0 Å². The predicted molar refractivity (Wildman–Crippen MR) is 75.2 cm³/mol. The molecule has 0 aliphatic rings. The van der Waals surface area contributed by atoms with Gasteiger partial charge in [0, 0.05) is 0 Å². The van der Waals surface area contributed by atoms with Gasteiger partial charge in [-0.15, -0.1) is 0 Å². The minimum atomic E-state index is 0.884. The highest BCUT2D eigenvalue weighted by molar-refractivity contribution is 5.05. The van der Waals surface area contributed by atoms with Crippen LogP contribution in [-0.2, 0) is 0 Å². The fourth-order valence-corrected chi connectivity index (χ4v) is 0. The molecule has 0 heteroatoms. The van der Waals surface area contributed by atoms with Crippen LogP contribution in [-0.4, -0.2) is 0 Å². The van der Waals surface area contributed by atoms with Crippen molar-refractivity contribution >= 4 is 0 Å². The minimum Gasteiger partial charge on any atom is -0.0988 e. The number of allylic oxidation sites excluding steroid dienone is 4. The van der Waals surface area contributed by atoms with Gasteiger partial charge in [-0.05, 0) is 33.6 Å². The van der Waals surface area contributed by atoms with Crippen molar-refractivity contribution in [3.8, 4) is 0 Å². The smallest absolute Gasteiger partial charge is 0.0404 e. The van der Waals surface area contributed by atoms with Crippen molar-refractivity contribution in [3.05, 3.63) is 36.5 Å². The Morgan fingerprint density at radius 1 is 1.20 bits per heavy atom. The second-order valence-electron chi connectivity index (χ2n) is 4.22. The monoisotopic (exact) mass is 210 g/mol. The Labute approximate surface area is 97.8 Å². The summed E-state index contributed by atoms with van der Waals surface area (Å²) in [6, 6.07) is 0. The highest BCUT2D eigenvalue weighted by Gasteiger charge is 1.80. The number of hydrogen-bond acceptors (Lipinski definition) is 0. The standard InChI is InChI=1S/C5H12.C5H10.C5H8/c3*1-4-5(2)3/h5H,4H2,1-3H3;4H,1-3H3;4H,1-2H2,3H3. The molecule has 0 aliphatic carbocycles. The van der Waals surface area contributed by atoms with Crippen LogP contribution in [0.4, 0.5) is 0 Å². The van der Waals surface area contributed by atoms with Gasteiger partial charge in [0.1, 0.15) is 0 Å². The highest BCUT2D eigenvalue weighted by atomic mass is 13.9. The van der Waals surface area contributed by atoms with Crippen molar-refractivity contribution in [1.82, 2.24) is 0 Å². The molecule has 0 unspecified atom stereocenters. The zero-order chi connectivity index (χ0) is 12.9. The minimum absolute atomic E-state index is 0.884. The summed E-state index contributed by atoms with van der Waals surface area (Å²) in [6.45, 7) is 21.8. The summed E-state index contributed by atoms with van der Waals surface area (Å²) in [5.74, 6) is 0.884.